The Morgan fingerprint density at radius 2 is 2.18 bits per heavy atom. The van der Waals surface area contributed by atoms with E-state index in [1.165, 1.54) is 18.4 Å². The predicted octanol–water partition coefficient (Wildman–Crippen LogP) is 3.04. The molecular formula is C14H15N3. The third-order valence-corrected chi connectivity index (χ3v) is 3.75. The van der Waals surface area contributed by atoms with Crippen LogP contribution in [0.15, 0.2) is 24.3 Å². The molecule has 0 bridgehead atoms. The first-order chi connectivity index (χ1) is 8.24. The molecular weight excluding hydrogens is 210 g/mol. The van der Waals surface area contributed by atoms with Gasteiger partial charge in [0.05, 0.1) is 17.1 Å². The highest BCUT2D eigenvalue weighted by Crippen LogP contribution is 2.50. The Kier molecular flexibility index (Phi) is 2.19. The largest absolute Gasteiger partial charge is 0.328 e. The van der Waals surface area contributed by atoms with Gasteiger partial charge in [0.1, 0.15) is 5.82 Å². The smallest absolute Gasteiger partial charge is 0.106 e. The van der Waals surface area contributed by atoms with E-state index in [9.17, 15) is 0 Å². The molecule has 3 heteroatoms. The van der Waals surface area contributed by atoms with Gasteiger partial charge in [-0.15, -0.1) is 0 Å². The van der Waals surface area contributed by atoms with Gasteiger partial charge in [-0.05, 0) is 31.9 Å². The predicted molar refractivity (Wildman–Crippen MR) is 66.4 cm³/mol. The maximum absolute atomic E-state index is 8.88. The Morgan fingerprint density at radius 1 is 1.41 bits per heavy atom. The summed E-state index contributed by atoms with van der Waals surface area (Å²) in [6.45, 7) is 2.98. The highest BCUT2D eigenvalue weighted by molar-refractivity contribution is 5.75. The second kappa shape index (κ2) is 3.59. The molecule has 0 radical (unpaired) electrons. The molecule has 1 fully saturated rings. The summed E-state index contributed by atoms with van der Waals surface area (Å²) >= 11 is 0. The Bertz CT molecular complexity index is 599. The number of aromatic nitrogens is 2. The Balaban J connectivity index is 2.01. The molecule has 2 aromatic rings. The number of imidazole rings is 1. The lowest BCUT2D eigenvalue weighted by Gasteiger charge is -2.14. The molecule has 0 amide bonds. The van der Waals surface area contributed by atoms with Crippen LogP contribution in [0.2, 0.25) is 0 Å². The number of benzene rings is 1. The average Bonchev–Trinajstić information content (AvgIpc) is 3.00. The monoisotopic (exact) mass is 225 g/mol. The fourth-order valence-electron chi connectivity index (χ4n) is 2.47. The van der Waals surface area contributed by atoms with Crippen molar-refractivity contribution in [2.24, 2.45) is 5.41 Å². The third-order valence-electron chi connectivity index (χ3n) is 3.75. The van der Waals surface area contributed by atoms with Gasteiger partial charge in [-0.3, -0.25) is 0 Å². The molecule has 0 aliphatic heterocycles. The van der Waals surface area contributed by atoms with E-state index < -0.39 is 0 Å². The number of hydrogen-bond donors (Lipinski definition) is 0. The van der Waals surface area contributed by atoms with Crippen molar-refractivity contribution in [2.45, 2.75) is 32.7 Å². The number of para-hydroxylation sites is 2. The van der Waals surface area contributed by atoms with Crippen molar-refractivity contribution < 1.29 is 0 Å². The summed E-state index contributed by atoms with van der Waals surface area (Å²) in [5, 5.41) is 8.88. The molecule has 1 aliphatic carbocycles. The summed E-state index contributed by atoms with van der Waals surface area (Å²) in [6.07, 6.45) is 3.01. The molecule has 0 N–H and O–H groups in total. The van der Waals surface area contributed by atoms with E-state index in [1.807, 2.05) is 25.1 Å². The van der Waals surface area contributed by atoms with Crippen LogP contribution in [-0.4, -0.2) is 9.55 Å². The maximum Gasteiger partial charge on any atom is 0.106 e. The number of rotatable bonds is 3. The van der Waals surface area contributed by atoms with Crippen molar-refractivity contribution in [2.75, 3.05) is 0 Å². The molecule has 1 saturated carbocycles. The molecule has 3 rings (SSSR count). The van der Waals surface area contributed by atoms with Gasteiger partial charge in [-0.25, -0.2) is 4.98 Å². The summed E-state index contributed by atoms with van der Waals surface area (Å²) in [5.74, 6) is 1.05. The molecule has 86 valence electrons. The van der Waals surface area contributed by atoms with Gasteiger partial charge in [0.2, 0.25) is 0 Å². The molecule has 1 heterocycles. The molecule has 1 aromatic carbocycles. The van der Waals surface area contributed by atoms with Crippen LogP contribution in [0.4, 0.5) is 0 Å². The number of nitriles is 1. The van der Waals surface area contributed by atoms with Crippen molar-refractivity contribution in [3.05, 3.63) is 30.1 Å². The Hall–Kier alpha value is -1.82. The second-order valence-corrected chi connectivity index (χ2v) is 5.07. The molecule has 1 aromatic heterocycles. The van der Waals surface area contributed by atoms with E-state index in [-0.39, 0.29) is 5.41 Å². The van der Waals surface area contributed by atoms with Gasteiger partial charge >= 0.3 is 0 Å². The van der Waals surface area contributed by atoms with E-state index in [1.54, 1.807) is 0 Å². The minimum Gasteiger partial charge on any atom is -0.328 e. The van der Waals surface area contributed by atoms with Gasteiger partial charge in [0.25, 0.3) is 0 Å². The second-order valence-electron chi connectivity index (χ2n) is 5.07. The minimum atomic E-state index is 0.225. The Morgan fingerprint density at radius 3 is 2.88 bits per heavy atom. The van der Waals surface area contributed by atoms with Crippen molar-refractivity contribution in [3.8, 4) is 6.07 Å². The summed E-state index contributed by atoms with van der Waals surface area (Å²) in [6, 6.07) is 10.5. The number of fused-ring (bicyclic) bond motifs is 1. The van der Waals surface area contributed by atoms with E-state index in [0.29, 0.717) is 6.42 Å². The van der Waals surface area contributed by atoms with Crippen LogP contribution in [-0.2, 0) is 6.54 Å². The normalized spacial score (nSPS) is 16.9. The van der Waals surface area contributed by atoms with Crippen LogP contribution in [0.3, 0.4) is 0 Å². The molecule has 0 unspecified atom stereocenters. The van der Waals surface area contributed by atoms with Crippen molar-refractivity contribution >= 4 is 11.0 Å². The van der Waals surface area contributed by atoms with Crippen LogP contribution < -0.4 is 0 Å². The van der Waals surface area contributed by atoms with Crippen LogP contribution >= 0.6 is 0 Å². The SMILES string of the molecule is Cc1nc2ccccc2n1CC1(CC#N)CC1. The fraction of sp³-hybridized carbons (Fsp3) is 0.429. The van der Waals surface area contributed by atoms with Gasteiger partial charge < -0.3 is 4.57 Å². The third kappa shape index (κ3) is 1.70. The zero-order valence-electron chi connectivity index (χ0n) is 9.98. The van der Waals surface area contributed by atoms with Gasteiger partial charge in [-0.2, -0.15) is 5.26 Å². The van der Waals surface area contributed by atoms with Gasteiger partial charge in [-0.1, -0.05) is 12.1 Å². The van der Waals surface area contributed by atoms with Crippen LogP contribution in [0.1, 0.15) is 25.1 Å². The summed E-state index contributed by atoms with van der Waals surface area (Å²) < 4.78 is 2.26. The van der Waals surface area contributed by atoms with E-state index >= 15 is 0 Å². The van der Waals surface area contributed by atoms with E-state index in [0.717, 1.165) is 17.9 Å². The molecule has 0 atom stereocenters. The molecule has 17 heavy (non-hydrogen) atoms. The lowest BCUT2D eigenvalue weighted by Crippen LogP contribution is -2.12. The van der Waals surface area contributed by atoms with Gasteiger partial charge in [0, 0.05) is 18.4 Å². The first-order valence-corrected chi connectivity index (χ1v) is 6.03. The number of hydrogen-bond acceptors (Lipinski definition) is 2. The minimum absolute atomic E-state index is 0.225. The van der Waals surface area contributed by atoms with Crippen LogP contribution in [0, 0.1) is 23.7 Å². The topological polar surface area (TPSA) is 41.6 Å². The number of aryl methyl sites for hydroxylation is 1. The molecule has 0 saturated heterocycles. The quantitative estimate of drug-likeness (QED) is 0.805. The van der Waals surface area contributed by atoms with Crippen molar-refractivity contribution in [1.82, 2.24) is 9.55 Å². The first-order valence-electron chi connectivity index (χ1n) is 6.03. The zero-order chi connectivity index (χ0) is 11.9. The van der Waals surface area contributed by atoms with Crippen LogP contribution in [0.25, 0.3) is 11.0 Å². The van der Waals surface area contributed by atoms with E-state index in [2.05, 4.69) is 21.7 Å². The first kappa shape index (κ1) is 10.3. The van der Waals surface area contributed by atoms with Crippen LogP contribution in [0.5, 0.6) is 0 Å². The van der Waals surface area contributed by atoms with Gasteiger partial charge in [0.15, 0.2) is 0 Å². The molecule has 0 spiro atoms. The maximum atomic E-state index is 8.88. The summed E-state index contributed by atoms with van der Waals surface area (Å²) in [4.78, 5) is 4.57. The summed E-state index contributed by atoms with van der Waals surface area (Å²) in [7, 11) is 0. The molecule has 1 aliphatic rings. The lowest BCUT2D eigenvalue weighted by molar-refractivity contribution is 0.433. The zero-order valence-corrected chi connectivity index (χ0v) is 9.98. The van der Waals surface area contributed by atoms with E-state index in [4.69, 9.17) is 5.26 Å². The number of nitrogens with zero attached hydrogens (tertiary/aromatic N) is 3. The van der Waals surface area contributed by atoms with Crippen molar-refractivity contribution in [3.63, 3.8) is 0 Å². The fourth-order valence-corrected chi connectivity index (χ4v) is 2.47. The molecule has 3 nitrogen and oxygen atoms in total. The Labute approximate surface area is 101 Å². The highest BCUT2D eigenvalue weighted by Gasteiger charge is 2.43. The average molecular weight is 225 g/mol. The highest BCUT2D eigenvalue weighted by atomic mass is 15.1. The lowest BCUT2D eigenvalue weighted by atomic mass is 10.0. The summed E-state index contributed by atoms with van der Waals surface area (Å²) in [5.41, 5.74) is 2.47. The standard InChI is InChI=1S/C14H15N3/c1-11-16-12-4-2-3-5-13(12)17(11)10-14(6-7-14)8-9-15/h2-5H,6-8,10H2,1H3. The van der Waals surface area contributed by atoms with Crippen molar-refractivity contribution in [1.29, 1.82) is 5.26 Å².